The van der Waals surface area contributed by atoms with E-state index in [2.05, 4.69) is 126 Å². The number of rotatable bonds is 4. The molecule has 0 aliphatic rings. The summed E-state index contributed by atoms with van der Waals surface area (Å²) < 4.78 is 9.41. The molecular formula is C51H30N4O. The summed E-state index contributed by atoms with van der Waals surface area (Å²) in [5.41, 5.74) is 7.74. The molecular weight excluding hydrogens is 685 g/mol. The quantitative estimate of drug-likeness (QED) is 0.182. The van der Waals surface area contributed by atoms with Crippen LogP contribution in [-0.2, 0) is 0 Å². The molecule has 0 fully saturated rings. The molecule has 3 heterocycles. The molecule has 260 valence electrons. The van der Waals surface area contributed by atoms with Crippen molar-refractivity contribution < 1.29 is 4.42 Å². The molecule has 0 saturated carbocycles. The molecule has 0 amide bonds. The van der Waals surface area contributed by atoms with Gasteiger partial charge < -0.3 is 8.98 Å². The molecule has 0 saturated heterocycles. The van der Waals surface area contributed by atoms with Crippen LogP contribution in [0.4, 0.5) is 0 Å². The normalized spacial score (nSPS) is 11.9. The average Bonchev–Trinajstić information content (AvgIpc) is 3.81. The topological polar surface area (TPSA) is 56.7 Å². The Morgan fingerprint density at radius 3 is 1.71 bits per heavy atom. The Balaban J connectivity index is 1.15. The van der Waals surface area contributed by atoms with Gasteiger partial charge in [0.2, 0.25) is 0 Å². The first kappa shape index (κ1) is 30.8. The molecule has 0 radical (unpaired) electrons. The molecule has 9 aromatic carbocycles. The lowest BCUT2D eigenvalue weighted by Gasteiger charge is -2.11. The Labute approximate surface area is 320 Å². The van der Waals surface area contributed by atoms with E-state index in [9.17, 15) is 0 Å². The van der Waals surface area contributed by atoms with Crippen LogP contribution in [0.1, 0.15) is 0 Å². The van der Waals surface area contributed by atoms with Gasteiger partial charge in [-0.05, 0) is 51.9 Å². The van der Waals surface area contributed by atoms with Crippen molar-refractivity contribution in [2.45, 2.75) is 0 Å². The number of fused-ring (bicyclic) bond motifs is 11. The second kappa shape index (κ2) is 11.9. The van der Waals surface area contributed by atoms with Crippen LogP contribution in [-0.4, -0.2) is 19.5 Å². The van der Waals surface area contributed by atoms with Gasteiger partial charge in [0.05, 0.1) is 11.0 Å². The molecule has 56 heavy (non-hydrogen) atoms. The number of aromatic nitrogens is 4. The molecule has 0 aliphatic carbocycles. The molecule has 0 atom stereocenters. The van der Waals surface area contributed by atoms with E-state index in [0.29, 0.717) is 17.5 Å². The lowest BCUT2D eigenvalue weighted by Crippen LogP contribution is -2.00. The molecule has 0 aliphatic heterocycles. The summed E-state index contributed by atoms with van der Waals surface area (Å²) in [6.45, 7) is 0. The summed E-state index contributed by atoms with van der Waals surface area (Å²) in [6.07, 6.45) is 0. The summed E-state index contributed by atoms with van der Waals surface area (Å²) in [6, 6.07) is 63.9. The predicted molar refractivity (Wildman–Crippen MR) is 230 cm³/mol. The zero-order valence-electron chi connectivity index (χ0n) is 30.0. The fourth-order valence-electron chi connectivity index (χ4n) is 8.58. The maximum absolute atomic E-state index is 6.99. The first-order valence-corrected chi connectivity index (χ1v) is 18.9. The smallest absolute Gasteiger partial charge is 0.164 e. The van der Waals surface area contributed by atoms with Gasteiger partial charge in [-0.3, -0.25) is 0 Å². The van der Waals surface area contributed by atoms with Crippen LogP contribution in [0.5, 0.6) is 0 Å². The Morgan fingerprint density at radius 2 is 0.982 bits per heavy atom. The zero-order chi connectivity index (χ0) is 36.7. The van der Waals surface area contributed by atoms with Crippen LogP contribution < -0.4 is 0 Å². The van der Waals surface area contributed by atoms with E-state index in [-0.39, 0.29) is 0 Å². The molecule has 0 spiro atoms. The van der Waals surface area contributed by atoms with Gasteiger partial charge in [0.1, 0.15) is 11.2 Å². The second-order valence-corrected chi connectivity index (χ2v) is 14.4. The van der Waals surface area contributed by atoms with Crippen molar-refractivity contribution in [3.05, 3.63) is 182 Å². The van der Waals surface area contributed by atoms with E-state index >= 15 is 0 Å². The van der Waals surface area contributed by atoms with E-state index in [0.717, 1.165) is 60.6 Å². The van der Waals surface area contributed by atoms with E-state index in [1.54, 1.807) is 0 Å². The molecule has 12 aromatic rings. The van der Waals surface area contributed by atoms with E-state index in [1.807, 2.05) is 60.7 Å². The van der Waals surface area contributed by atoms with Crippen molar-refractivity contribution in [2.75, 3.05) is 0 Å². The SMILES string of the molecule is c1ccc(-c2nc(-c3ccccc3)nc(-c3cc4ccccc4c4oc5cc(-n6c7cc8ccccc8cc7c7ccc8ccccc8c76)ccc5c34)n2)cc1. The Kier molecular flexibility index (Phi) is 6.56. The first-order chi connectivity index (χ1) is 27.7. The van der Waals surface area contributed by atoms with Crippen molar-refractivity contribution in [1.29, 1.82) is 0 Å². The third-order valence-electron chi connectivity index (χ3n) is 11.2. The lowest BCUT2D eigenvalue weighted by atomic mass is 9.99. The fourth-order valence-corrected chi connectivity index (χ4v) is 8.58. The molecule has 5 nitrogen and oxygen atoms in total. The van der Waals surface area contributed by atoms with Crippen LogP contribution in [0.3, 0.4) is 0 Å². The van der Waals surface area contributed by atoms with Crippen LogP contribution in [0.15, 0.2) is 186 Å². The van der Waals surface area contributed by atoms with E-state index < -0.39 is 0 Å². The van der Waals surface area contributed by atoms with E-state index in [4.69, 9.17) is 19.4 Å². The predicted octanol–water partition coefficient (Wildman–Crippen LogP) is 13.3. The number of nitrogens with zero attached hydrogens (tertiary/aromatic N) is 4. The highest BCUT2D eigenvalue weighted by molar-refractivity contribution is 6.23. The van der Waals surface area contributed by atoms with Gasteiger partial charge in [0.25, 0.3) is 0 Å². The highest BCUT2D eigenvalue weighted by Crippen LogP contribution is 2.43. The van der Waals surface area contributed by atoms with Crippen LogP contribution >= 0.6 is 0 Å². The minimum absolute atomic E-state index is 0.598. The minimum Gasteiger partial charge on any atom is -0.455 e. The van der Waals surface area contributed by atoms with E-state index in [1.165, 1.54) is 37.8 Å². The second-order valence-electron chi connectivity index (χ2n) is 14.4. The van der Waals surface area contributed by atoms with Crippen molar-refractivity contribution in [3.8, 4) is 39.9 Å². The van der Waals surface area contributed by atoms with Gasteiger partial charge in [-0.25, -0.2) is 15.0 Å². The molecule has 5 heteroatoms. The van der Waals surface area contributed by atoms with Gasteiger partial charge >= 0.3 is 0 Å². The monoisotopic (exact) mass is 714 g/mol. The third-order valence-corrected chi connectivity index (χ3v) is 11.2. The molecule has 3 aromatic heterocycles. The number of benzene rings is 9. The standard InChI is InChI=1S/C51H30N4O/c1-3-14-32(15-4-1)49-52-50(33-16-5-2-6-17-33)54-51(53-49)43-28-36-20-10-12-22-39(36)48-46(43)41-26-24-37(30-45(41)56-48)55-44-29-35-19-8-7-18-34(35)27-42(44)40-25-23-31-13-9-11-21-38(31)47(40)55/h1-30H. The molecule has 0 N–H and O–H groups in total. The largest absolute Gasteiger partial charge is 0.455 e. The Bertz CT molecular complexity index is 3470. The Morgan fingerprint density at radius 1 is 0.393 bits per heavy atom. The average molecular weight is 715 g/mol. The van der Waals surface area contributed by atoms with Gasteiger partial charge in [-0.2, -0.15) is 0 Å². The van der Waals surface area contributed by atoms with Crippen LogP contribution in [0.25, 0.3) is 116 Å². The van der Waals surface area contributed by atoms with Crippen molar-refractivity contribution in [2.24, 2.45) is 0 Å². The minimum atomic E-state index is 0.598. The first-order valence-electron chi connectivity index (χ1n) is 18.9. The van der Waals surface area contributed by atoms with Crippen molar-refractivity contribution in [3.63, 3.8) is 0 Å². The summed E-state index contributed by atoms with van der Waals surface area (Å²) in [5, 5.41) is 11.4. The van der Waals surface area contributed by atoms with Gasteiger partial charge in [-0.15, -0.1) is 0 Å². The van der Waals surface area contributed by atoms with Crippen LogP contribution in [0, 0.1) is 0 Å². The maximum atomic E-state index is 6.99. The number of hydrogen-bond acceptors (Lipinski definition) is 4. The third kappa shape index (κ3) is 4.64. The maximum Gasteiger partial charge on any atom is 0.164 e. The highest BCUT2D eigenvalue weighted by atomic mass is 16.3. The molecule has 0 bridgehead atoms. The van der Waals surface area contributed by atoms with Gasteiger partial charge in [0, 0.05) is 60.8 Å². The van der Waals surface area contributed by atoms with Gasteiger partial charge in [-0.1, -0.05) is 146 Å². The van der Waals surface area contributed by atoms with Gasteiger partial charge in [0.15, 0.2) is 17.5 Å². The van der Waals surface area contributed by atoms with Crippen LogP contribution in [0.2, 0.25) is 0 Å². The zero-order valence-corrected chi connectivity index (χ0v) is 30.0. The summed E-state index contributed by atoms with van der Waals surface area (Å²) in [7, 11) is 0. The molecule has 0 unspecified atom stereocenters. The Hall–Kier alpha value is -7.63. The number of hydrogen-bond donors (Lipinski definition) is 0. The lowest BCUT2D eigenvalue weighted by molar-refractivity contribution is 0.672. The summed E-state index contributed by atoms with van der Waals surface area (Å²) >= 11 is 0. The summed E-state index contributed by atoms with van der Waals surface area (Å²) in [5.74, 6) is 1.84. The molecule has 12 rings (SSSR count). The van der Waals surface area contributed by atoms with Crippen molar-refractivity contribution >= 4 is 76.1 Å². The summed E-state index contributed by atoms with van der Waals surface area (Å²) in [4.78, 5) is 15.3. The van der Waals surface area contributed by atoms with Crippen molar-refractivity contribution in [1.82, 2.24) is 19.5 Å². The highest BCUT2D eigenvalue weighted by Gasteiger charge is 2.22. The fraction of sp³-hybridized carbons (Fsp3) is 0. The number of furan rings is 1.